The van der Waals surface area contributed by atoms with Gasteiger partial charge in [0.15, 0.2) is 0 Å². The molecule has 0 aromatic rings. The second kappa shape index (κ2) is 8.87. The molecule has 24 heavy (non-hydrogen) atoms. The van der Waals surface area contributed by atoms with Crippen LogP contribution in [0.15, 0.2) is 0 Å². The van der Waals surface area contributed by atoms with E-state index in [4.69, 9.17) is 10.2 Å². The van der Waals surface area contributed by atoms with Crippen molar-refractivity contribution >= 4 is 11.9 Å². The molecular weight excluding hydrogens is 304 g/mol. The molecule has 2 aliphatic carbocycles. The fourth-order valence-electron chi connectivity index (χ4n) is 4.26. The minimum absolute atomic E-state index is 0.134. The van der Waals surface area contributed by atoms with Crippen molar-refractivity contribution in [3.8, 4) is 0 Å². The van der Waals surface area contributed by atoms with Gasteiger partial charge in [-0.3, -0.25) is 9.59 Å². The first kappa shape index (κ1) is 19.3. The van der Waals surface area contributed by atoms with Crippen LogP contribution in [0.1, 0.15) is 103 Å². The monoisotopic (exact) mass is 338 g/mol. The van der Waals surface area contributed by atoms with Crippen molar-refractivity contribution in [3.05, 3.63) is 0 Å². The van der Waals surface area contributed by atoms with Crippen LogP contribution in [-0.4, -0.2) is 22.2 Å². The van der Waals surface area contributed by atoms with Gasteiger partial charge in [-0.15, -0.1) is 0 Å². The standard InChI is InChI=1S/C20H34O4/c21-17(22)16-19(11-9-12-19)10-7-5-3-1-2-4-6-8-13-20(14-15-20)18(23)24/h1-16H2,(H,21,22)(H,23,24). The third kappa shape index (κ3) is 5.78. The summed E-state index contributed by atoms with van der Waals surface area (Å²) in [5, 5.41) is 18.1. The molecule has 0 aromatic carbocycles. The molecular formula is C20H34O4. The van der Waals surface area contributed by atoms with Crippen LogP contribution < -0.4 is 0 Å². The van der Waals surface area contributed by atoms with Crippen LogP contribution in [0, 0.1) is 10.8 Å². The molecule has 2 N–H and O–H groups in total. The summed E-state index contributed by atoms with van der Waals surface area (Å²) in [6, 6.07) is 0. The maximum absolute atomic E-state index is 11.1. The Labute approximate surface area is 146 Å². The zero-order chi connectivity index (χ0) is 17.5. The largest absolute Gasteiger partial charge is 0.481 e. The maximum Gasteiger partial charge on any atom is 0.309 e. The van der Waals surface area contributed by atoms with Crippen LogP contribution in [0.25, 0.3) is 0 Å². The van der Waals surface area contributed by atoms with E-state index in [-0.39, 0.29) is 10.8 Å². The molecule has 2 fully saturated rings. The third-order valence-electron chi connectivity index (χ3n) is 6.36. The molecule has 0 bridgehead atoms. The number of rotatable bonds is 14. The lowest BCUT2D eigenvalue weighted by Crippen LogP contribution is -2.31. The highest BCUT2D eigenvalue weighted by molar-refractivity contribution is 5.77. The fourth-order valence-corrected chi connectivity index (χ4v) is 4.26. The molecule has 2 rings (SSSR count). The first-order valence-corrected chi connectivity index (χ1v) is 9.93. The van der Waals surface area contributed by atoms with E-state index in [1.54, 1.807) is 0 Å². The Bertz CT molecular complexity index is 421. The summed E-state index contributed by atoms with van der Waals surface area (Å²) in [4.78, 5) is 22.0. The lowest BCUT2D eigenvalue weighted by molar-refractivity contribution is -0.144. The van der Waals surface area contributed by atoms with E-state index in [0.29, 0.717) is 6.42 Å². The van der Waals surface area contributed by atoms with Crippen LogP contribution >= 0.6 is 0 Å². The van der Waals surface area contributed by atoms with Crippen molar-refractivity contribution in [2.24, 2.45) is 10.8 Å². The van der Waals surface area contributed by atoms with Gasteiger partial charge in [0.25, 0.3) is 0 Å². The molecule has 0 heterocycles. The van der Waals surface area contributed by atoms with Gasteiger partial charge >= 0.3 is 11.9 Å². The maximum atomic E-state index is 11.1. The Kier molecular flexibility index (Phi) is 7.12. The third-order valence-corrected chi connectivity index (χ3v) is 6.36. The first-order valence-electron chi connectivity index (χ1n) is 9.93. The van der Waals surface area contributed by atoms with Gasteiger partial charge in [0.2, 0.25) is 0 Å². The molecule has 4 nitrogen and oxygen atoms in total. The summed E-state index contributed by atoms with van der Waals surface area (Å²) in [6.45, 7) is 0. The molecule has 4 heteroatoms. The van der Waals surface area contributed by atoms with Crippen molar-refractivity contribution in [1.29, 1.82) is 0 Å². The number of carboxylic acids is 2. The highest BCUT2D eigenvalue weighted by Gasteiger charge is 2.49. The Morgan fingerprint density at radius 1 is 0.708 bits per heavy atom. The van der Waals surface area contributed by atoms with Gasteiger partial charge in [0.1, 0.15) is 0 Å². The minimum Gasteiger partial charge on any atom is -0.481 e. The summed E-state index contributed by atoms with van der Waals surface area (Å²) < 4.78 is 0. The topological polar surface area (TPSA) is 74.6 Å². The number of carbonyl (C=O) groups is 2. The Balaban J connectivity index is 1.39. The smallest absolute Gasteiger partial charge is 0.309 e. The van der Waals surface area contributed by atoms with Gasteiger partial charge in [-0.2, -0.15) is 0 Å². The van der Waals surface area contributed by atoms with Gasteiger partial charge in [-0.05, 0) is 43.9 Å². The average molecular weight is 338 g/mol. The fraction of sp³-hybridized carbons (Fsp3) is 0.900. The zero-order valence-electron chi connectivity index (χ0n) is 15.0. The average Bonchev–Trinajstić information content (AvgIpc) is 3.27. The molecule has 138 valence electrons. The molecule has 0 amide bonds. The normalized spacial score (nSPS) is 20.3. The minimum atomic E-state index is -0.634. The van der Waals surface area contributed by atoms with E-state index in [9.17, 15) is 9.59 Å². The van der Waals surface area contributed by atoms with Crippen molar-refractivity contribution in [2.45, 2.75) is 103 Å². The van der Waals surface area contributed by atoms with Crippen LogP contribution in [0.5, 0.6) is 0 Å². The van der Waals surface area contributed by atoms with Gasteiger partial charge in [-0.1, -0.05) is 57.8 Å². The van der Waals surface area contributed by atoms with E-state index in [1.165, 1.54) is 44.9 Å². The van der Waals surface area contributed by atoms with Crippen LogP contribution in [0.4, 0.5) is 0 Å². The SMILES string of the molecule is O=C(O)CC1(CCCCCCCCCCC2(C(=O)O)CC2)CCC1. The first-order chi connectivity index (χ1) is 11.5. The number of hydrogen-bond acceptors (Lipinski definition) is 2. The van der Waals surface area contributed by atoms with Gasteiger partial charge in [0, 0.05) is 0 Å². The molecule has 2 aliphatic rings. The number of hydrogen-bond donors (Lipinski definition) is 2. The summed E-state index contributed by atoms with van der Waals surface area (Å²) >= 11 is 0. The van der Waals surface area contributed by atoms with Crippen molar-refractivity contribution < 1.29 is 19.8 Å². The highest BCUT2D eigenvalue weighted by Crippen LogP contribution is 2.50. The van der Waals surface area contributed by atoms with E-state index in [1.807, 2.05) is 0 Å². The number of aliphatic carboxylic acids is 2. The van der Waals surface area contributed by atoms with Crippen molar-refractivity contribution in [3.63, 3.8) is 0 Å². The van der Waals surface area contributed by atoms with E-state index in [2.05, 4.69) is 0 Å². The van der Waals surface area contributed by atoms with E-state index >= 15 is 0 Å². The van der Waals surface area contributed by atoms with E-state index < -0.39 is 11.9 Å². The second-order valence-corrected chi connectivity index (χ2v) is 8.34. The number of carboxylic acid groups (broad SMARTS) is 2. The summed E-state index contributed by atoms with van der Waals surface area (Å²) in [5.41, 5.74) is -0.206. The van der Waals surface area contributed by atoms with Gasteiger partial charge in [-0.25, -0.2) is 0 Å². The van der Waals surface area contributed by atoms with E-state index in [0.717, 1.165) is 51.4 Å². The molecule has 0 atom stereocenters. The van der Waals surface area contributed by atoms with Crippen LogP contribution in [-0.2, 0) is 9.59 Å². The Morgan fingerprint density at radius 2 is 1.21 bits per heavy atom. The van der Waals surface area contributed by atoms with Crippen LogP contribution in [0.2, 0.25) is 0 Å². The predicted octanol–water partition coefficient (Wildman–Crippen LogP) is 5.40. The molecule has 0 aliphatic heterocycles. The molecule has 0 unspecified atom stereocenters. The van der Waals surface area contributed by atoms with Gasteiger partial charge < -0.3 is 10.2 Å². The second-order valence-electron chi connectivity index (χ2n) is 8.34. The summed E-state index contributed by atoms with van der Waals surface area (Å²) in [5.74, 6) is -1.22. The molecule has 0 spiro atoms. The molecule has 0 radical (unpaired) electrons. The van der Waals surface area contributed by atoms with Crippen molar-refractivity contribution in [1.82, 2.24) is 0 Å². The summed E-state index contributed by atoms with van der Waals surface area (Å²) in [6.07, 6.45) is 17.1. The lowest BCUT2D eigenvalue weighted by atomic mass is 9.64. The quantitative estimate of drug-likeness (QED) is 0.416. The van der Waals surface area contributed by atoms with Crippen molar-refractivity contribution in [2.75, 3.05) is 0 Å². The molecule has 0 saturated heterocycles. The molecule has 0 aromatic heterocycles. The lowest BCUT2D eigenvalue weighted by Gasteiger charge is -2.41. The molecule has 2 saturated carbocycles. The Hall–Kier alpha value is -1.06. The predicted molar refractivity (Wildman–Crippen MR) is 94.0 cm³/mol. The zero-order valence-corrected chi connectivity index (χ0v) is 15.0. The summed E-state index contributed by atoms with van der Waals surface area (Å²) in [7, 11) is 0. The Morgan fingerprint density at radius 3 is 1.58 bits per heavy atom. The van der Waals surface area contributed by atoms with Crippen LogP contribution in [0.3, 0.4) is 0 Å². The number of unbranched alkanes of at least 4 members (excludes halogenated alkanes) is 7. The van der Waals surface area contributed by atoms with Gasteiger partial charge in [0.05, 0.1) is 11.8 Å². The highest BCUT2D eigenvalue weighted by atomic mass is 16.4.